The molecule has 1 saturated heterocycles. The van der Waals surface area contributed by atoms with Crippen molar-refractivity contribution in [1.82, 2.24) is 34.6 Å². The molecular formula is C24H29N9OS. The fourth-order valence-electron chi connectivity index (χ4n) is 4.37. The quantitative estimate of drug-likeness (QED) is 0.385. The van der Waals surface area contributed by atoms with Crippen LogP contribution in [0.2, 0.25) is 0 Å². The van der Waals surface area contributed by atoms with Crippen LogP contribution in [0.1, 0.15) is 18.5 Å². The smallest absolute Gasteiger partial charge is 0.227 e. The summed E-state index contributed by atoms with van der Waals surface area (Å²) >= 11 is 1.63. The fourth-order valence-corrected chi connectivity index (χ4v) is 5.26. The topological polar surface area (TPSA) is 108 Å². The van der Waals surface area contributed by atoms with Crippen molar-refractivity contribution in [3.63, 3.8) is 0 Å². The Kier molecular flexibility index (Phi) is 6.05. The van der Waals surface area contributed by atoms with Gasteiger partial charge in [0.25, 0.3) is 0 Å². The molecule has 5 heterocycles. The van der Waals surface area contributed by atoms with Gasteiger partial charge in [0, 0.05) is 75.1 Å². The highest BCUT2D eigenvalue weighted by molar-refractivity contribution is 7.21. The second kappa shape index (κ2) is 9.48. The van der Waals surface area contributed by atoms with E-state index in [0.29, 0.717) is 18.2 Å². The Bertz CT molecular complexity index is 1320. The second-order valence-electron chi connectivity index (χ2n) is 9.32. The van der Waals surface area contributed by atoms with Crippen LogP contribution in [-0.2, 0) is 6.54 Å². The molecule has 0 spiro atoms. The van der Waals surface area contributed by atoms with Crippen LogP contribution in [-0.4, -0.2) is 79.1 Å². The molecule has 1 aliphatic heterocycles. The number of β-amino-alcohol motifs (C(OH)–C–C–N with tert-alkyl or cyclic N) is 1. The number of thiazole rings is 1. The van der Waals surface area contributed by atoms with Crippen molar-refractivity contribution in [2.45, 2.75) is 26.3 Å². The Hall–Kier alpha value is -3.15. The van der Waals surface area contributed by atoms with Crippen LogP contribution in [0.15, 0.2) is 30.7 Å². The maximum atomic E-state index is 9.17. The third kappa shape index (κ3) is 5.12. The van der Waals surface area contributed by atoms with Gasteiger partial charge in [-0.2, -0.15) is 10.1 Å². The lowest BCUT2D eigenvalue weighted by molar-refractivity contribution is 0.188. The molecule has 1 saturated carbocycles. The molecule has 0 bridgehead atoms. The molecular weight excluding hydrogens is 462 g/mol. The lowest BCUT2D eigenvalue weighted by Crippen LogP contribution is -2.47. The molecule has 2 aliphatic rings. The van der Waals surface area contributed by atoms with Crippen LogP contribution in [0.25, 0.3) is 20.8 Å². The van der Waals surface area contributed by atoms with Crippen molar-refractivity contribution in [2.75, 3.05) is 49.5 Å². The number of aromatic nitrogens is 6. The minimum Gasteiger partial charge on any atom is -0.395 e. The van der Waals surface area contributed by atoms with Gasteiger partial charge in [0.15, 0.2) is 0 Å². The SMILES string of the molecule is Cc1cc(Nc2cc3nc(-c4cnn(CC5CC5)c4)sc3cn2)nc(N2CCN(CCO)CC2)n1. The molecule has 4 aromatic rings. The number of pyridine rings is 1. The molecule has 0 radical (unpaired) electrons. The van der Waals surface area contributed by atoms with Crippen LogP contribution < -0.4 is 10.2 Å². The molecule has 0 amide bonds. The zero-order valence-electron chi connectivity index (χ0n) is 19.8. The van der Waals surface area contributed by atoms with Crippen molar-refractivity contribution in [3.05, 3.63) is 36.4 Å². The number of piperazine rings is 1. The van der Waals surface area contributed by atoms with Gasteiger partial charge in [0.05, 0.1) is 23.0 Å². The van der Waals surface area contributed by atoms with Gasteiger partial charge >= 0.3 is 0 Å². The molecule has 35 heavy (non-hydrogen) atoms. The first-order valence-electron chi connectivity index (χ1n) is 12.1. The van der Waals surface area contributed by atoms with Crippen molar-refractivity contribution < 1.29 is 5.11 Å². The normalized spacial score (nSPS) is 16.8. The monoisotopic (exact) mass is 491 g/mol. The van der Waals surface area contributed by atoms with E-state index in [1.807, 2.05) is 36.1 Å². The molecule has 6 rings (SSSR count). The van der Waals surface area contributed by atoms with Crippen molar-refractivity contribution in [2.24, 2.45) is 5.92 Å². The number of nitrogens with zero attached hydrogens (tertiary/aromatic N) is 8. The van der Waals surface area contributed by atoms with Crippen LogP contribution in [0.5, 0.6) is 0 Å². The van der Waals surface area contributed by atoms with E-state index in [2.05, 4.69) is 36.4 Å². The van der Waals surface area contributed by atoms with Gasteiger partial charge in [-0.25, -0.2) is 15.0 Å². The summed E-state index contributed by atoms with van der Waals surface area (Å²) in [6, 6.07) is 3.90. The van der Waals surface area contributed by atoms with Gasteiger partial charge < -0.3 is 15.3 Å². The predicted octanol–water partition coefficient (Wildman–Crippen LogP) is 2.92. The molecule has 1 aliphatic carbocycles. The number of anilines is 3. The van der Waals surface area contributed by atoms with Gasteiger partial charge in [-0.15, -0.1) is 11.3 Å². The number of hydrogen-bond acceptors (Lipinski definition) is 10. The number of aliphatic hydroxyl groups is 1. The first kappa shape index (κ1) is 22.3. The van der Waals surface area contributed by atoms with E-state index >= 15 is 0 Å². The van der Waals surface area contributed by atoms with Crippen molar-refractivity contribution >= 4 is 39.1 Å². The summed E-state index contributed by atoms with van der Waals surface area (Å²) in [5, 5.41) is 18.0. The molecule has 2 N–H and O–H groups in total. The maximum absolute atomic E-state index is 9.17. The third-order valence-electron chi connectivity index (χ3n) is 6.47. The minimum absolute atomic E-state index is 0.191. The average molecular weight is 492 g/mol. The van der Waals surface area contributed by atoms with E-state index in [0.717, 1.165) is 71.1 Å². The lowest BCUT2D eigenvalue weighted by Gasteiger charge is -2.34. The van der Waals surface area contributed by atoms with E-state index in [1.54, 1.807) is 11.3 Å². The molecule has 10 nitrogen and oxygen atoms in total. The number of hydrogen-bond donors (Lipinski definition) is 2. The highest BCUT2D eigenvalue weighted by Gasteiger charge is 2.22. The number of aryl methyl sites for hydroxylation is 1. The third-order valence-corrected chi connectivity index (χ3v) is 7.52. The molecule has 0 aromatic carbocycles. The van der Waals surface area contributed by atoms with E-state index in [4.69, 9.17) is 15.1 Å². The summed E-state index contributed by atoms with van der Waals surface area (Å²) in [6.45, 7) is 7.35. The molecule has 182 valence electrons. The van der Waals surface area contributed by atoms with Crippen LogP contribution in [0.4, 0.5) is 17.6 Å². The first-order chi connectivity index (χ1) is 17.1. The number of nitrogens with one attached hydrogen (secondary N) is 1. The Morgan fingerprint density at radius 1 is 1.06 bits per heavy atom. The lowest BCUT2D eigenvalue weighted by atomic mass is 10.3. The molecule has 11 heteroatoms. The van der Waals surface area contributed by atoms with E-state index < -0.39 is 0 Å². The molecule has 0 atom stereocenters. The number of aliphatic hydroxyl groups excluding tert-OH is 1. The Morgan fingerprint density at radius 3 is 2.71 bits per heavy atom. The van der Waals surface area contributed by atoms with E-state index in [-0.39, 0.29) is 6.61 Å². The molecule has 4 aromatic heterocycles. The zero-order chi connectivity index (χ0) is 23.8. The Balaban J connectivity index is 1.18. The predicted molar refractivity (Wildman–Crippen MR) is 137 cm³/mol. The number of rotatable bonds is 8. The summed E-state index contributed by atoms with van der Waals surface area (Å²) in [5.74, 6) is 2.93. The van der Waals surface area contributed by atoms with Crippen LogP contribution in [0.3, 0.4) is 0 Å². The van der Waals surface area contributed by atoms with Gasteiger partial charge in [-0.3, -0.25) is 9.58 Å². The van der Waals surface area contributed by atoms with E-state index in [9.17, 15) is 0 Å². The Labute approximate surface area is 207 Å². The highest BCUT2D eigenvalue weighted by atomic mass is 32.1. The van der Waals surface area contributed by atoms with Crippen molar-refractivity contribution in [3.8, 4) is 10.6 Å². The fraction of sp³-hybridized carbons (Fsp3) is 0.458. The zero-order valence-corrected chi connectivity index (χ0v) is 20.6. The average Bonchev–Trinajstić information content (AvgIpc) is 3.36. The van der Waals surface area contributed by atoms with Crippen molar-refractivity contribution in [1.29, 1.82) is 0 Å². The minimum atomic E-state index is 0.191. The summed E-state index contributed by atoms with van der Waals surface area (Å²) in [5.41, 5.74) is 2.86. The van der Waals surface area contributed by atoms with Gasteiger partial charge in [-0.1, -0.05) is 0 Å². The summed E-state index contributed by atoms with van der Waals surface area (Å²) in [4.78, 5) is 23.3. The summed E-state index contributed by atoms with van der Waals surface area (Å²) in [7, 11) is 0. The largest absolute Gasteiger partial charge is 0.395 e. The highest BCUT2D eigenvalue weighted by Crippen LogP contribution is 2.33. The first-order valence-corrected chi connectivity index (χ1v) is 12.9. The summed E-state index contributed by atoms with van der Waals surface area (Å²) in [6.07, 6.45) is 8.49. The summed E-state index contributed by atoms with van der Waals surface area (Å²) < 4.78 is 3.08. The second-order valence-corrected chi connectivity index (χ2v) is 10.4. The van der Waals surface area contributed by atoms with E-state index in [1.165, 1.54) is 12.8 Å². The van der Waals surface area contributed by atoms with Gasteiger partial charge in [0.1, 0.15) is 16.6 Å². The van der Waals surface area contributed by atoms with Gasteiger partial charge in [-0.05, 0) is 25.7 Å². The maximum Gasteiger partial charge on any atom is 0.227 e. The van der Waals surface area contributed by atoms with Crippen LogP contribution in [0, 0.1) is 12.8 Å². The molecule has 0 unspecified atom stereocenters. The number of fused-ring (bicyclic) bond motifs is 1. The Morgan fingerprint density at radius 2 is 1.91 bits per heavy atom. The standard InChI is InChI=1S/C24H29N9OS/c1-16-10-22(30-24(27-16)32-6-4-31(5-7-32)8-9-34)29-21-11-19-20(13-25-21)35-23(28-19)18-12-26-33(15-18)14-17-2-3-17/h10-13,15,17,34H,2-9,14H2,1H3,(H,25,27,29,30). The van der Waals surface area contributed by atoms with Gasteiger partial charge in [0.2, 0.25) is 5.95 Å². The van der Waals surface area contributed by atoms with Crippen LogP contribution >= 0.6 is 11.3 Å². The molecule has 2 fully saturated rings.